The van der Waals surface area contributed by atoms with Crippen LogP contribution in [-0.4, -0.2) is 11.2 Å². The van der Waals surface area contributed by atoms with E-state index in [4.69, 9.17) is 4.74 Å². The third kappa shape index (κ3) is 2.22. The van der Waals surface area contributed by atoms with Gasteiger partial charge in [0.25, 0.3) is 0 Å². The Bertz CT molecular complexity index is 615. The molecule has 0 saturated carbocycles. The van der Waals surface area contributed by atoms with Gasteiger partial charge < -0.3 is 14.6 Å². The minimum absolute atomic E-state index is 0.302. The summed E-state index contributed by atoms with van der Waals surface area (Å²) >= 11 is 0. The number of para-hydroxylation sites is 1. The Balaban J connectivity index is 1.72. The van der Waals surface area contributed by atoms with Crippen molar-refractivity contribution in [2.45, 2.75) is 39.9 Å². The summed E-state index contributed by atoms with van der Waals surface area (Å²) in [6.45, 7) is 9.22. The van der Waals surface area contributed by atoms with Crippen LogP contribution in [0.3, 0.4) is 0 Å². The fourth-order valence-electron chi connectivity index (χ4n) is 3.10. The molecule has 1 aliphatic rings. The molecule has 0 bridgehead atoms. The summed E-state index contributed by atoms with van der Waals surface area (Å²) in [4.78, 5) is 0. The first-order chi connectivity index (χ1) is 9.70. The number of benzene rings is 1. The summed E-state index contributed by atoms with van der Waals surface area (Å²) in [5, 5.41) is 3.62. The molecule has 0 amide bonds. The molecule has 3 rings (SSSR count). The van der Waals surface area contributed by atoms with Gasteiger partial charge in [-0.3, -0.25) is 0 Å². The van der Waals surface area contributed by atoms with Crippen molar-refractivity contribution in [2.24, 2.45) is 0 Å². The lowest BCUT2D eigenvalue weighted by atomic mass is 10.1. The lowest BCUT2D eigenvalue weighted by Crippen LogP contribution is -2.22. The van der Waals surface area contributed by atoms with Crippen LogP contribution in [-0.2, 0) is 13.1 Å². The summed E-state index contributed by atoms with van der Waals surface area (Å²) in [7, 11) is 0. The van der Waals surface area contributed by atoms with Crippen LogP contribution in [0.1, 0.15) is 35.5 Å². The molecule has 1 aromatic carbocycles. The maximum absolute atomic E-state index is 5.71. The zero-order valence-corrected chi connectivity index (χ0v) is 12.4. The summed E-state index contributed by atoms with van der Waals surface area (Å²) in [5.74, 6) is 1.02. The van der Waals surface area contributed by atoms with E-state index in [1.807, 2.05) is 12.1 Å². The number of aromatic nitrogens is 1. The summed E-state index contributed by atoms with van der Waals surface area (Å²) in [6, 6.07) is 10.9. The van der Waals surface area contributed by atoms with Crippen molar-refractivity contribution in [1.82, 2.24) is 9.88 Å². The van der Waals surface area contributed by atoms with E-state index in [0.717, 1.165) is 25.4 Å². The van der Waals surface area contributed by atoms with Gasteiger partial charge in [-0.2, -0.15) is 0 Å². The number of ether oxygens (including phenoxy) is 1. The molecular formula is C17H22N2O. The maximum Gasteiger partial charge on any atom is 0.124 e. The van der Waals surface area contributed by atoms with E-state index in [0.29, 0.717) is 6.04 Å². The lowest BCUT2D eigenvalue weighted by molar-refractivity contribution is 0.310. The average Bonchev–Trinajstić information content (AvgIpc) is 2.98. The Morgan fingerprint density at radius 1 is 1.30 bits per heavy atom. The largest absolute Gasteiger partial charge is 0.491 e. The number of fused-ring (bicyclic) bond motifs is 1. The van der Waals surface area contributed by atoms with E-state index in [1.54, 1.807) is 0 Å². The predicted molar refractivity (Wildman–Crippen MR) is 81.1 cm³/mol. The van der Waals surface area contributed by atoms with Crippen LogP contribution in [0.5, 0.6) is 5.75 Å². The Morgan fingerprint density at radius 2 is 2.10 bits per heavy atom. The number of hydrogen-bond donors (Lipinski definition) is 1. The first-order valence-corrected chi connectivity index (χ1v) is 7.31. The third-order valence-electron chi connectivity index (χ3n) is 4.23. The Labute approximate surface area is 120 Å². The highest BCUT2D eigenvalue weighted by Gasteiger charge is 2.23. The monoisotopic (exact) mass is 270 g/mol. The fraction of sp³-hybridized carbons (Fsp3) is 0.412. The number of nitrogens with zero attached hydrogens (tertiary/aromatic N) is 1. The van der Waals surface area contributed by atoms with Gasteiger partial charge in [-0.1, -0.05) is 18.2 Å². The Morgan fingerprint density at radius 3 is 2.85 bits per heavy atom. The molecule has 0 spiro atoms. The quantitative estimate of drug-likeness (QED) is 0.922. The van der Waals surface area contributed by atoms with Gasteiger partial charge in [0, 0.05) is 30.0 Å². The second-order valence-corrected chi connectivity index (χ2v) is 5.42. The zero-order chi connectivity index (χ0) is 14.1. The van der Waals surface area contributed by atoms with Crippen LogP contribution in [0.4, 0.5) is 0 Å². The van der Waals surface area contributed by atoms with E-state index in [9.17, 15) is 0 Å². The molecule has 1 atom stereocenters. The van der Waals surface area contributed by atoms with E-state index in [1.165, 1.54) is 22.5 Å². The molecule has 0 aliphatic carbocycles. The second-order valence-electron chi connectivity index (χ2n) is 5.42. The summed E-state index contributed by atoms with van der Waals surface area (Å²) < 4.78 is 8.07. The van der Waals surface area contributed by atoms with Gasteiger partial charge in [0.2, 0.25) is 0 Å². The van der Waals surface area contributed by atoms with Crippen molar-refractivity contribution in [1.29, 1.82) is 0 Å². The number of nitrogens with one attached hydrogen (secondary N) is 1. The van der Waals surface area contributed by atoms with E-state index < -0.39 is 0 Å². The molecule has 3 nitrogen and oxygen atoms in total. The highest BCUT2D eigenvalue weighted by molar-refractivity contribution is 5.39. The van der Waals surface area contributed by atoms with Crippen molar-refractivity contribution < 1.29 is 4.74 Å². The molecule has 2 aromatic rings. The fourth-order valence-corrected chi connectivity index (χ4v) is 3.10. The highest BCUT2D eigenvalue weighted by atomic mass is 16.5. The molecule has 2 heterocycles. The molecule has 1 aliphatic heterocycles. The van der Waals surface area contributed by atoms with Crippen molar-refractivity contribution in [3.8, 4) is 5.75 Å². The Kier molecular flexibility index (Phi) is 3.53. The SMILES string of the molecule is CCn1c(C)cc(CNC2COc3ccccc32)c1C. The van der Waals surface area contributed by atoms with Gasteiger partial charge in [-0.05, 0) is 38.5 Å². The predicted octanol–water partition coefficient (Wildman–Crippen LogP) is 3.35. The molecule has 0 radical (unpaired) electrons. The zero-order valence-electron chi connectivity index (χ0n) is 12.4. The van der Waals surface area contributed by atoms with E-state index in [2.05, 4.69) is 48.9 Å². The number of rotatable bonds is 4. The van der Waals surface area contributed by atoms with Crippen LogP contribution >= 0.6 is 0 Å². The molecule has 0 fully saturated rings. The van der Waals surface area contributed by atoms with E-state index >= 15 is 0 Å². The van der Waals surface area contributed by atoms with Gasteiger partial charge in [-0.25, -0.2) is 0 Å². The maximum atomic E-state index is 5.71. The second kappa shape index (κ2) is 5.33. The molecule has 1 aromatic heterocycles. The minimum Gasteiger partial charge on any atom is -0.491 e. The average molecular weight is 270 g/mol. The van der Waals surface area contributed by atoms with Gasteiger partial charge in [0.15, 0.2) is 0 Å². The number of aryl methyl sites for hydroxylation is 1. The third-order valence-corrected chi connectivity index (χ3v) is 4.23. The first kappa shape index (κ1) is 13.3. The molecule has 106 valence electrons. The lowest BCUT2D eigenvalue weighted by Gasteiger charge is -2.12. The molecule has 20 heavy (non-hydrogen) atoms. The van der Waals surface area contributed by atoms with Crippen LogP contribution < -0.4 is 10.1 Å². The van der Waals surface area contributed by atoms with Crippen LogP contribution in [0, 0.1) is 13.8 Å². The first-order valence-electron chi connectivity index (χ1n) is 7.31. The van der Waals surface area contributed by atoms with Crippen molar-refractivity contribution in [2.75, 3.05) is 6.61 Å². The summed E-state index contributed by atoms with van der Waals surface area (Å²) in [6.07, 6.45) is 0. The molecule has 0 saturated heterocycles. The van der Waals surface area contributed by atoms with E-state index in [-0.39, 0.29) is 0 Å². The Hall–Kier alpha value is -1.74. The van der Waals surface area contributed by atoms with Gasteiger partial charge >= 0.3 is 0 Å². The van der Waals surface area contributed by atoms with Crippen LogP contribution in [0.15, 0.2) is 30.3 Å². The van der Waals surface area contributed by atoms with Crippen molar-refractivity contribution in [3.63, 3.8) is 0 Å². The van der Waals surface area contributed by atoms with Crippen molar-refractivity contribution >= 4 is 0 Å². The van der Waals surface area contributed by atoms with Gasteiger partial charge in [0.05, 0.1) is 6.04 Å². The van der Waals surface area contributed by atoms with Crippen LogP contribution in [0.25, 0.3) is 0 Å². The highest BCUT2D eigenvalue weighted by Crippen LogP contribution is 2.32. The minimum atomic E-state index is 0.302. The smallest absolute Gasteiger partial charge is 0.124 e. The standard InChI is InChI=1S/C17H22N2O/c1-4-19-12(2)9-14(13(19)3)10-18-16-11-20-17-8-6-5-7-15(16)17/h5-9,16,18H,4,10-11H2,1-3H3. The van der Waals surface area contributed by atoms with Crippen molar-refractivity contribution in [3.05, 3.63) is 52.8 Å². The topological polar surface area (TPSA) is 26.2 Å². The molecule has 1 unspecified atom stereocenters. The van der Waals surface area contributed by atoms with Crippen LogP contribution in [0.2, 0.25) is 0 Å². The number of hydrogen-bond acceptors (Lipinski definition) is 2. The normalized spacial score (nSPS) is 17.1. The van der Waals surface area contributed by atoms with Gasteiger partial charge in [-0.15, -0.1) is 0 Å². The van der Waals surface area contributed by atoms with Gasteiger partial charge in [0.1, 0.15) is 12.4 Å². The molecular weight excluding hydrogens is 248 g/mol. The summed E-state index contributed by atoms with van der Waals surface area (Å²) in [5.41, 5.74) is 5.36. The molecule has 3 heteroatoms. The molecule has 1 N–H and O–H groups in total.